The third-order valence-corrected chi connectivity index (χ3v) is 5.56. The number of hydrogen-bond donors (Lipinski definition) is 1. The maximum absolute atomic E-state index is 13.2. The summed E-state index contributed by atoms with van der Waals surface area (Å²) in [6.07, 6.45) is 4.81. The van der Waals surface area contributed by atoms with Gasteiger partial charge in [-0.3, -0.25) is 24.8 Å². The van der Waals surface area contributed by atoms with Crippen molar-refractivity contribution in [3.63, 3.8) is 0 Å². The van der Waals surface area contributed by atoms with Gasteiger partial charge in [0.1, 0.15) is 5.57 Å². The van der Waals surface area contributed by atoms with Crippen molar-refractivity contribution in [1.29, 1.82) is 0 Å². The minimum atomic E-state index is -0.555. The van der Waals surface area contributed by atoms with Gasteiger partial charge in [-0.15, -0.1) is 0 Å². The zero-order chi connectivity index (χ0) is 21.3. The molecule has 2 aromatic carbocycles. The Morgan fingerprint density at radius 1 is 1.03 bits per heavy atom. The predicted molar refractivity (Wildman–Crippen MR) is 125 cm³/mol. The highest BCUT2D eigenvalue weighted by Gasteiger charge is 2.34. The van der Waals surface area contributed by atoms with Crippen molar-refractivity contribution >= 4 is 68.4 Å². The van der Waals surface area contributed by atoms with Crippen LogP contribution in [0.3, 0.4) is 0 Å². The molecule has 0 spiro atoms. The molecule has 0 atom stereocenters. The van der Waals surface area contributed by atoms with Gasteiger partial charge in [0.2, 0.25) is 0 Å². The fourth-order valence-corrected chi connectivity index (χ4v) is 3.72. The molecule has 5 nitrogen and oxygen atoms in total. The Morgan fingerprint density at radius 3 is 2.43 bits per heavy atom. The van der Waals surface area contributed by atoms with E-state index in [2.05, 4.69) is 26.2 Å². The number of aromatic nitrogens is 1. The maximum Gasteiger partial charge on any atom is 0.270 e. The van der Waals surface area contributed by atoms with Crippen molar-refractivity contribution in [2.45, 2.75) is 0 Å². The molecule has 2 heterocycles. The van der Waals surface area contributed by atoms with Crippen LogP contribution in [0.4, 0.5) is 5.69 Å². The molecule has 1 N–H and O–H groups in total. The molecule has 0 unspecified atom stereocenters. The third-order valence-electron chi connectivity index (χ3n) is 4.49. The van der Waals surface area contributed by atoms with Gasteiger partial charge in [0.25, 0.3) is 11.8 Å². The number of carbonyl (C=O) groups is 2. The number of pyridine rings is 1. The summed E-state index contributed by atoms with van der Waals surface area (Å²) in [5.41, 5.74) is 2.89. The smallest absolute Gasteiger partial charge is 0.270 e. The van der Waals surface area contributed by atoms with E-state index in [4.69, 9.17) is 23.8 Å². The maximum atomic E-state index is 13.2. The molecule has 0 saturated carbocycles. The Bertz CT molecular complexity index is 1190. The fraction of sp³-hybridized carbons (Fsp3) is 0. The Morgan fingerprint density at radius 2 is 1.73 bits per heavy atom. The summed E-state index contributed by atoms with van der Waals surface area (Å²) in [5.74, 6) is -1.07. The summed E-state index contributed by atoms with van der Waals surface area (Å²) in [6, 6.07) is 16.2. The molecular weight excluding hydrogens is 486 g/mol. The zero-order valence-electron chi connectivity index (χ0n) is 15.3. The van der Waals surface area contributed by atoms with Gasteiger partial charge in [0, 0.05) is 27.5 Å². The van der Waals surface area contributed by atoms with E-state index >= 15 is 0 Å². The highest BCUT2D eigenvalue weighted by Crippen LogP contribution is 2.28. The average Bonchev–Trinajstić information content (AvgIpc) is 2.73. The molecule has 8 heteroatoms. The number of nitrogens with one attached hydrogen (secondary N) is 1. The van der Waals surface area contributed by atoms with Gasteiger partial charge < -0.3 is 0 Å². The number of hydrogen-bond acceptors (Lipinski definition) is 4. The van der Waals surface area contributed by atoms with E-state index in [1.54, 1.807) is 36.7 Å². The topological polar surface area (TPSA) is 62.3 Å². The van der Waals surface area contributed by atoms with Gasteiger partial charge in [0.05, 0.1) is 5.69 Å². The van der Waals surface area contributed by atoms with Crippen LogP contribution in [0.15, 0.2) is 77.0 Å². The average molecular weight is 499 g/mol. The van der Waals surface area contributed by atoms with Gasteiger partial charge in [-0.25, -0.2) is 0 Å². The minimum Gasteiger partial charge on any atom is -0.298 e. The number of rotatable bonds is 3. The van der Waals surface area contributed by atoms with Crippen LogP contribution in [0.2, 0.25) is 5.02 Å². The van der Waals surface area contributed by atoms with Crippen LogP contribution in [0.1, 0.15) is 5.56 Å². The Labute approximate surface area is 191 Å². The van der Waals surface area contributed by atoms with Crippen molar-refractivity contribution in [3.8, 4) is 11.1 Å². The second-order valence-corrected chi connectivity index (χ2v) is 8.14. The summed E-state index contributed by atoms with van der Waals surface area (Å²) in [7, 11) is 0. The molecule has 4 rings (SSSR count). The molecule has 0 aliphatic carbocycles. The first-order valence-electron chi connectivity index (χ1n) is 8.81. The quantitative estimate of drug-likeness (QED) is 0.314. The lowest BCUT2D eigenvalue weighted by Gasteiger charge is -2.29. The summed E-state index contributed by atoms with van der Waals surface area (Å²) < 4.78 is 0.953. The van der Waals surface area contributed by atoms with Crippen molar-refractivity contribution in [2.24, 2.45) is 0 Å². The lowest BCUT2D eigenvalue weighted by molar-refractivity contribution is -0.122. The summed E-state index contributed by atoms with van der Waals surface area (Å²) in [6.45, 7) is 0. The second-order valence-electron chi connectivity index (χ2n) is 6.40. The van der Waals surface area contributed by atoms with Crippen LogP contribution in [0, 0.1) is 0 Å². The monoisotopic (exact) mass is 497 g/mol. The zero-order valence-corrected chi connectivity index (χ0v) is 18.5. The van der Waals surface area contributed by atoms with Crippen LogP contribution in [0.25, 0.3) is 17.2 Å². The molecule has 1 aliphatic heterocycles. The van der Waals surface area contributed by atoms with E-state index < -0.39 is 11.8 Å². The van der Waals surface area contributed by atoms with Gasteiger partial charge in [-0.05, 0) is 71.9 Å². The highest BCUT2D eigenvalue weighted by molar-refractivity contribution is 9.10. The molecule has 1 saturated heterocycles. The van der Waals surface area contributed by atoms with Gasteiger partial charge in [-0.2, -0.15) is 0 Å². The molecule has 0 radical (unpaired) electrons. The van der Waals surface area contributed by atoms with Gasteiger partial charge in [0.15, 0.2) is 5.11 Å². The van der Waals surface area contributed by atoms with Crippen LogP contribution in [-0.2, 0) is 9.59 Å². The van der Waals surface area contributed by atoms with Crippen molar-refractivity contribution in [1.82, 2.24) is 10.3 Å². The predicted octanol–water partition coefficient (Wildman–Crippen LogP) is 5.00. The van der Waals surface area contributed by atoms with E-state index in [9.17, 15) is 9.59 Å². The number of thiocarbonyl (C=S) groups is 1. The van der Waals surface area contributed by atoms with Crippen LogP contribution < -0.4 is 10.2 Å². The van der Waals surface area contributed by atoms with Gasteiger partial charge in [-0.1, -0.05) is 39.7 Å². The molecular formula is C22H13BrClN3O2S. The normalized spacial score (nSPS) is 15.5. The Kier molecular flexibility index (Phi) is 5.76. The SMILES string of the molecule is O=C1NC(=S)N(c2ccc(Cl)cc2)C(=O)C1=Cc1cnccc1-c1ccc(Br)cc1. The number of nitrogens with zero attached hydrogens (tertiary/aromatic N) is 2. The summed E-state index contributed by atoms with van der Waals surface area (Å²) >= 11 is 14.6. The number of benzene rings is 2. The summed E-state index contributed by atoms with van der Waals surface area (Å²) in [4.78, 5) is 31.2. The lowest BCUT2D eigenvalue weighted by atomic mass is 9.99. The Hall–Kier alpha value is -2.87. The summed E-state index contributed by atoms with van der Waals surface area (Å²) in [5, 5.41) is 3.13. The molecule has 30 heavy (non-hydrogen) atoms. The van der Waals surface area contributed by atoms with E-state index in [1.165, 1.54) is 11.0 Å². The van der Waals surface area contributed by atoms with E-state index in [1.807, 2.05) is 30.3 Å². The van der Waals surface area contributed by atoms with E-state index in [-0.39, 0.29) is 10.7 Å². The minimum absolute atomic E-state index is 0.0174. The van der Waals surface area contributed by atoms with Crippen LogP contribution in [-0.4, -0.2) is 21.9 Å². The molecule has 1 fully saturated rings. The van der Waals surface area contributed by atoms with Gasteiger partial charge >= 0.3 is 0 Å². The molecule has 1 aromatic heterocycles. The van der Waals surface area contributed by atoms with Crippen LogP contribution >= 0.6 is 39.7 Å². The molecule has 1 aliphatic rings. The first kappa shape index (κ1) is 20.4. The lowest BCUT2D eigenvalue weighted by Crippen LogP contribution is -2.54. The largest absolute Gasteiger partial charge is 0.298 e. The molecule has 148 valence electrons. The van der Waals surface area contributed by atoms with Crippen molar-refractivity contribution < 1.29 is 9.59 Å². The molecule has 3 aromatic rings. The number of anilines is 1. The first-order valence-corrected chi connectivity index (χ1v) is 10.4. The third kappa shape index (κ3) is 4.05. The number of amides is 2. The Balaban J connectivity index is 1.77. The van der Waals surface area contributed by atoms with Crippen molar-refractivity contribution in [3.05, 3.63) is 87.6 Å². The van der Waals surface area contributed by atoms with E-state index in [0.717, 1.165) is 15.6 Å². The highest BCUT2D eigenvalue weighted by atomic mass is 79.9. The van der Waals surface area contributed by atoms with Crippen LogP contribution in [0.5, 0.6) is 0 Å². The first-order chi connectivity index (χ1) is 14.4. The van der Waals surface area contributed by atoms with E-state index in [0.29, 0.717) is 16.3 Å². The molecule has 2 amide bonds. The molecule has 0 bridgehead atoms. The number of halogens is 2. The van der Waals surface area contributed by atoms with Crippen molar-refractivity contribution in [2.75, 3.05) is 4.90 Å². The fourth-order valence-electron chi connectivity index (χ4n) is 3.05. The number of carbonyl (C=O) groups excluding carboxylic acids is 2. The second kappa shape index (κ2) is 8.47. The standard InChI is InChI=1S/C22H13BrClN3O2S/c23-15-3-1-13(2-4-15)18-9-10-25-12-14(18)11-19-20(28)26-22(30)27(21(19)29)17-7-5-16(24)6-8-17/h1-12H,(H,26,28,30).